The SMILES string of the molecule is Cn1ccnc1S(=O)(=O)[C@@H]1C[C@@H]2CN(S(=O)(=O)c3ccc4c(c3)CCO4)C[C@@H]2C1. The minimum Gasteiger partial charge on any atom is -0.493 e. The largest absolute Gasteiger partial charge is 0.493 e. The molecule has 3 aliphatic rings. The van der Waals surface area contributed by atoms with E-state index in [4.69, 9.17) is 4.74 Å². The predicted octanol–water partition coefficient (Wildman–Crippen LogP) is 1.23. The highest BCUT2D eigenvalue weighted by Crippen LogP contribution is 2.44. The summed E-state index contributed by atoms with van der Waals surface area (Å²) in [5.41, 5.74) is 0.923. The molecule has 0 bridgehead atoms. The fourth-order valence-corrected chi connectivity index (χ4v) is 8.47. The van der Waals surface area contributed by atoms with Gasteiger partial charge in [-0.25, -0.2) is 21.8 Å². The maximum atomic E-state index is 13.1. The number of hydrogen-bond acceptors (Lipinski definition) is 6. The molecule has 0 N–H and O–H groups in total. The Bertz CT molecular complexity index is 1160. The van der Waals surface area contributed by atoms with Crippen molar-refractivity contribution < 1.29 is 21.6 Å². The zero-order valence-corrected chi connectivity index (χ0v) is 17.7. The molecule has 0 amide bonds. The summed E-state index contributed by atoms with van der Waals surface area (Å²) in [6, 6.07) is 5.03. The van der Waals surface area contributed by atoms with Crippen LogP contribution in [0.15, 0.2) is 40.6 Å². The van der Waals surface area contributed by atoms with Gasteiger partial charge in [-0.1, -0.05) is 0 Å². The summed E-state index contributed by atoms with van der Waals surface area (Å²) in [4.78, 5) is 4.30. The van der Waals surface area contributed by atoms with Crippen molar-refractivity contribution in [1.82, 2.24) is 13.9 Å². The van der Waals surface area contributed by atoms with Gasteiger partial charge in [-0.2, -0.15) is 4.31 Å². The molecule has 2 aliphatic heterocycles. The van der Waals surface area contributed by atoms with Crippen LogP contribution < -0.4 is 4.74 Å². The van der Waals surface area contributed by atoms with E-state index in [0.29, 0.717) is 37.4 Å². The zero-order valence-electron chi connectivity index (χ0n) is 16.1. The minimum atomic E-state index is -3.59. The van der Waals surface area contributed by atoms with Crippen LogP contribution in [-0.2, 0) is 33.3 Å². The fourth-order valence-electron chi connectivity index (χ4n) is 4.90. The predicted molar refractivity (Wildman–Crippen MR) is 105 cm³/mol. The molecule has 0 radical (unpaired) electrons. The summed E-state index contributed by atoms with van der Waals surface area (Å²) >= 11 is 0. The van der Waals surface area contributed by atoms with Gasteiger partial charge >= 0.3 is 0 Å². The number of hydrogen-bond donors (Lipinski definition) is 0. The smallest absolute Gasteiger partial charge is 0.243 e. The van der Waals surface area contributed by atoms with Crippen LogP contribution in [0.4, 0.5) is 0 Å². The van der Waals surface area contributed by atoms with Crippen LogP contribution in [0.25, 0.3) is 0 Å². The highest BCUT2D eigenvalue weighted by atomic mass is 32.2. The molecule has 0 unspecified atom stereocenters. The summed E-state index contributed by atoms with van der Waals surface area (Å²) < 4.78 is 60.6. The number of benzene rings is 1. The van der Waals surface area contributed by atoms with Crippen LogP contribution in [0.5, 0.6) is 5.75 Å². The Labute approximate surface area is 170 Å². The van der Waals surface area contributed by atoms with Crippen molar-refractivity contribution in [3.8, 4) is 5.75 Å². The van der Waals surface area contributed by atoms with Crippen molar-refractivity contribution in [2.75, 3.05) is 19.7 Å². The van der Waals surface area contributed by atoms with E-state index in [-0.39, 0.29) is 17.0 Å². The van der Waals surface area contributed by atoms with Crippen molar-refractivity contribution in [3.63, 3.8) is 0 Å². The fraction of sp³-hybridized carbons (Fsp3) is 0.526. The van der Waals surface area contributed by atoms with E-state index < -0.39 is 25.1 Å². The lowest BCUT2D eigenvalue weighted by Crippen LogP contribution is -2.31. The van der Waals surface area contributed by atoms with Gasteiger partial charge in [0.15, 0.2) is 0 Å². The summed E-state index contributed by atoms with van der Waals surface area (Å²) in [6.07, 6.45) is 4.78. The van der Waals surface area contributed by atoms with Gasteiger partial charge in [-0.15, -0.1) is 0 Å². The summed E-state index contributed by atoms with van der Waals surface area (Å²) in [5.74, 6) is 0.870. The first-order valence-corrected chi connectivity index (χ1v) is 12.7. The number of imidazole rings is 1. The number of sulfone groups is 1. The average molecular weight is 438 g/mol. The standard InChI is InChI=1S/C19H23N3O5S2/c1-21-6-5-20-19(21)28(23,24)17-9-14-11-22(12-15(14)10-17)29(25,26)16-2-3-18-13(8-16)4-7-27-18/h2-3,5-6,8,14-15,17H,4,7,9-12H2,1H3/t14-,15+,17-. The number of fused-ring (bicyclic) bond motifs is 2. The second kappa shape index (κ2) is 6.55. The molecule has 0 spiro atoms. The van der Waals surface area contributed by atoms with Gasteiger partial charge in [0, 0.05) is 39.0 Å². The van der Waals surface area contributed by atoms with Gasteiger partial charge in [0.2, 0.25) is 25.0 Å². The molecule has 1 saturated heterocycles. The molecule has 3 heterocycles. The number of rotatable bonds is 4. The highest BCUT2D eigenvalue weighted by Gasteiger charge is 2.49. The maximum absolute atomic E-state index is 13.1. The Balaban J connectivity index is 1.33. The van der Waals surface area contributed by atoms with Crippen molar-refractivity contribution in [1.29, 1.82) is 0 Å². The van der Waals surface area contributed by atoms with Crippen molar-refractivity contribution in [3.05, 3.63) is 36.2 Å². The lowest BCUT2D eigenvalue weighted by molar-refractivity contribution is 0.356. The molecule has 1 saturated carbocycles. The van der Waals surface area contributed by atoms with Gasteiger partial charge in [-0.05, 0) is 48.4 Å². The van der Waals surface area contributed by atoms with Crippen molar-refractivity contribution >= 4 is 19.9 Å². The molecule has 1 aliphatic carbocycles. The van der Waals surface area contributed by atoms with Crippen molar-refractivity contribution in [2.24, 2.45) is 18.9 Å². The average Bonchev–Trinajstić information content (AvgIpc) is 3.43. The normalized spacial score (nSPS) is 27.0. The lowest BCUT2D eigenvalue weighted by Gasteiger charge is -2.19. The Morgan fingerprint density at radius 1 is 1.10 bits per heavy atom. The Morgan fingerprint density at radius 3 is 2.48 bits per heavy atom. The minimum absolute atomic E-state index is 0.0579. The third kappa shape index (κ3) is 3.00. The van der Waals surface area contributed by atoms with Crippen LogP contribution in [0.3, 0.4) is 0 Å². The van der Waals surface area contributed by atoms with E-state index in [2.05, 4.69) is 4.98 Å². The highest BCUT2D eigenvalue weighted by molar-refractivity contribution is 7.91. The second-order valence-electron chi connectivity index (χ2n) is 8.17. The first-order chi connectivity index (χ1) is 13.8. The molecule has 3 atom stereocenters. The number of aryl methyl sites for hydroxylation is 1. The molecular formula is C19H23N3O5S2. The Kier molecular flexibility index (Phi) is 4.31. The quantitative estimate of drug-likeness (QED) is 0.713. The first-order valence-electron chi connectivity index (χ1n) is 9.74. The van der Waals surface area contributed by atoms with Crippen LogP contribution in [0.1, 0.15) is 18.4 Å². The summed E-state index contributed by atoms with van der Waals surface area (Å²) in [6.45, 7) is 1.32. The molecule has 8 nitrogen and oxygen atoms in total. The van der Waals surface area contributed by atoms with Gasteiger partial charge in [-0.3, -0.25) is 0 Å². The molecule has 5 rings (SSSR count). The number of nitrogens with zero attached hydrogens (tertiary/aromatic N) is 3. The maximum Gasteiger partial charge on any atom is 0.243 e. The first kappa shape index (κ1) is 19.1. The van der Waals surface area contributed by atoms with E-state index in [1.54, 1.807) is 31.4 Å². The molecule has 2 aromatic rings. The topological polar surface area (TPSA) is 98.6 Å². The van der Waals surface area contributed by atoms with Gasteiger partial charge in [0.05, 0.1) is 16.8 Å². The number of aromatic nitrogens is 2. The molecule has 10 heteroatoms. The van der Waals surface area contributed by atoms with E-state index in [1.165, 1.54) is 15.1 Å². The molecule has 1 aromatic heterocycles. The number of ether oxygens (including phenoxy) is 1. The zero-order chi connectivity index (χ0) is 20.4. The third-order valence-electron chi connectivity index (χ3n) is 6.44. The van der Waals surface area contributed by atoms with Crippen molar-refractivity contribution in [2.45, 2.75) is 34.6 Å². The summed E-state index contributed by atoms with van der Waals surface area (Å²) in [5, 5.41) is -0.409. The monoisotopic (exact) mass is 437 g/mol. The van der Waals surface area contributed by atoms with Gasteiger partial charge in [0.1, 0.15) is 5.75 Å². The van der Waals surface area contributed by atoms with E-state index in [1.807, 2.05) is 0 Å². The van der Waals surface area contributed by atoms with Crippen LogP contribution in [0.2, 0.25) is 0 Å². The Morgan fingerprint density at radius 2 is 1.83 bits per heavy atom. The molecule has 29 heavy (non-hydrogen) atoms. The lowest BCUT2D eigenvalue weighted by atomic mass is 10.0. The van der Waals surface area contributed by atoms with E-state index in [0.717, 1.165) is 17.7 Å². The molecule has 2 fully saturated rings. The number of sulfonamides is 1. The van der Waals surface area contributed by atoms with E-state index in [9.17, 15) is 16.8 Å². The molecule has 156 valence electrons. The molecular weight excluding hydrogens is 414 g/mol. The van der Waals surface area contributed by atoms with Crippen LogP contribution in [-0.4, -0.2) is 55.6 Å². The van der Waals surface area contributed by atoms with Crippen LogP contribution in [0, 0.1) is 11.8 Å². The van der Waals surface area contributed by atoms with Gasteiger partial charge < -0.3 is 9.30 Å². The second-order valence-corrected chi connectivity index (χ2v) is 12.2. The van der Waals surface area contributed by atoms with E-state index >= 15 is 0 Å². The van der Waals surface area contributed by atoms with Crippen LogP contribution >= 0.6 is 0 Å². The third-order valence-corrected chi connectivity index (χ3v) is 10.4. The van der Waals surface area contributed by atoms with Gasteiger partial charge in [0.25, 0.3) is 0 Å². The Hall–Kier alpha value is -1.91. The molecule has 1 aromatic carbocycles. The summed E-state index contributed by atoms with van der Waals surface area (Å²) in [7, 11) is -5.43.